The number of nitrogens with zero attached hydrogens (tertiary/aromatic N) is 1. The Hall–Kier alpha value is -0.830. The van der Waals surface area contributed by atoms with Crippen LogP contribution in [0.2, 0.25) is 0 Å². The van der Waals surface area contributed by atoms with Gasteiger partial charge in [0.15, 0.2) is 0 Å². The second kappa shape index (κ2) is 7.17. The van der Waals surface area contributed by atoms with E-state index < -0.39 is 0 Å². The van der Waals surface area contributed by atoms with Crippen molar-refractivity contribution in [2.24, 2.45) is 5.73 Å². The molecule has 0 saturated carbocycles. The molecule has 0 aliphatic rings. The molecule has 2 N–H and O–H groups in total. The van der Waals surface area contributed by atoms with Crippen molar-refractivity contribution in [3.63, 3.8) is 0 Å². The molecule has 1 amide bonds. The van der Waals surface area contributed by atoms with Gasteiger partial charge in [0, 0.05) is 14.1 Å². The highest BCUT2D eigenvalue weighted by molar-refractivity contribution is 5.86. The van der Waals surface area contributed by atoms with Crippen LogP contribution >= 0.6 is 0 Å². The molecule has 0 aromatic rings. The molecule has 0 aliphatic carbocycles. The molecule has 0 atom stereocenters. The Morgan fingerprint density at radius 3 is 1.89 bits per heavy atom. The van der Waals surface area contributed by atoms with E-state index in [1.54, 1.807) is 14.1 Å². The lowest BCUT2D eigenvalue weighted by Gasteiger charge is -2.03. The molecule has 0 saturated heterocycles. The molecule has 0 aromatic heterocycles. The van der Waals surface area contributed by atoms with Gasteiger partial charge in [-0.1, -0.05) is 6.58 Å². The summed E-state index contributed by atoms with van der Waals surface area (Å²) in [6.45, 7) is 3.29. The molecule has 9 heavy (non-hydrogen) atoms. The summed E-state index contributed by atoms with van der Waals surface area (Å²) in [4.78, 5) is 11.8. The quantitative estimate of drug-likeness (QED) is 0.501. The lowest BCUT2D eigenvalue weighted by molar-refractivity contribution is -0.123. The fraction of sp³-hybridized carbons (Fsp3) is 0.500. The normalized spacial score (nSPS) is 6.67. The minimum atomic E-state index is -0.0556. The van der Waals surface area contributed by atoms with E-state index in [0.717, 1.165) is 0 Å². The van der Waals surface area contributed by atoms with Gasteiger partial charge in [-0.15, -0.1) is 0 Å². The minimum absolute atomic E-state index is 0.0556. The van der Waals surface area contributed by atoms with E-state index in [2.05, 4.69) is 12.3 Å². The zero-order valence-corrected chi connectivity index (χ0v) is 6.22. The van der Waals surface area contributed by atoms with E-state index >= 15 is 0 Å². The molecule has 0 spiro atoms. The lowest BCUT2D eigenvalue weighted by Crippen LogP contribution is -2.18. The molecule has 0 aromatic carbocycles. The SMILES string of the molecule is C=CC(=O)N(C)C.CN. The van der Waals surface area contributed by atoms with Crippen LogP contribution in [0.5, 0.6) is 0 Å². The number of rotatable bonds is 1. The van der Waals surface area contributed by atoms with Crippen molar-refractivity contribution in [3.05, 3.63) is 12.7 Å². The van der Waals surface area contributed by atoms with Crippen LogP contribution in [0, 0.1) is 0 Å². The van der Waals surface area contributed by atoms with E-state index in [0.29, 0.717) is 0 Å². The summed E-state index contributed by atoms with van der Waals surface area (Å²) < 4.78 is 0. The first-order valence-electron chi connectivity index (χ1n) is 2.60. The molecular formula is C6H14N2O. The van der Waals surface area contributed by atoms with Gasteiger partial charge in [0.05, 0.1) is 0 Å². The first-order valence-corrected chi connectivity index (χ1v) is 2.60. The molecule has 54 valence electrons. The van der Waals surface area contributed by atoms with E-state index in [-0.39, 0.29) is 5.91 Å². The van der Waals surface area contributed by atoms with Gasteiger partial charge in [0.25, 0.3) is 0 Å². The highest BCUT2D eigenvalue weighted by Gasteiger charge is 1.91. The van der Waals surface area contributed by atoms with Crippen molar-refractivity contribution < 1.29 is 4.79 Å². The number of hydrogen-bond acceptors (Lipinski definition) is 2. The smallest absolute Gasteiger partial charge is 0.245 e. The van der Waals surface area contributed by atoms with E-state index in [1.165, 1.54) is 18.0 Å². The summed E-state index contributed by atoms with van der Waals surface area (Å²) in [5, 5.41) is 0. The Labute approximate surface area is 56.1 Å². The van der Waals surface area contributed by atoms with Crippen molar-refractivity contribution in [1.29, 1.82) is 0 Å². The third-order valence-corrected chi connectivity index (χ3v) is 0.615. The monoisotopic (exact) mass is 130 g/mol. The summed E-state index contributed by atoms with van der Waals surface area (Å²) in [5.41, 5.74) is 4.50. The van der Waals surface area contributed by atoms with E-state index in [9.17, 15) is 4.79 Å². The average Bonchev–Trinajstić information content (AvgIpc) is 1.91. The third kappa shape index (κ3) is 7.17. The molecule has 0 rings (SSSR count). The second-order valence-electron chi connectivity index (χ2n) is 1.44. The molecule has 0 bridgehead atoms. The summed E-state index contributed by atoms with van der Waals surface area (Å²) in [6, 6.07) is 0. The van der Waals surface area contributed by atoms with Gasteiger partial charge in [-0.2, -0.15) is 0 Å². The summed E-state index contributed by atoms with van der Waals surface area (Å²) in [7, 11) is 4.87. The molecule has 3 nitrogen and oxygen atoms in total. The molecule has 3 heteroatoms. The van der Waals surface area contributed by atoms with Gasteiger partial charge in [-0.3, -0.25) is 4.79 Å². The number of likely N-dealkylation sites (N-methyl/N-ethyl adjacent to an activating group) is 1. The number of nitrogens with two attached hydrogens (primary N) is 1. The number of amides is 1. The summed E-state index contributed by atoms with van der Waals surface area (Å²) in [5.74, 6) is -0.0556. The standard InChI is InChI=1S/C5H9NO.CH5N/c1-4-5(7)6(2)3;1-2/h4H,1H2,2-3H3;2H2,1H3. The van der Waals surface area contributed by atoms with Gasteiger partial charge >= 0.3 is 0 Å². The van der Waals surface area contributed by atoms with Gasteiger partial charge < -0.3 is 10.6 Å². The molecule has 0 heterocycles. The fourth-order valence-corrected chi connectivity index (χ4v) is 0.183. The van der Waals surface area contributed by atoms with Crippen LogP contribution in [-0.4, -0.2) is 32.0 Å². The Balaban J connectivity index is 0. The number of carbonyl (C=O) groups excluding carboxylic acids is 1. The second-order valence-corrected chi connectivity index (χ2v) is 1.44. The largest absolute Gasteiger partial charge is 0.345 e. The van der Waals surface area contributed by atoms with Crippen molar-refractivity contribution in [1.82, 2.24) is 4.90 Å². The zero-order valence-electron chi connectivity index (χ0n) is 6.22. The zero-order chi connectivity index (χ0) is 7.86. The van der Waals surface area contributed by atoms with Gasteiger partial charge in [-0.25, -0.2) is 0 Å². The maximum atomic E-state index is 10.3. The van der Waals surface area contributed by atoms with Crippen LogP contribution in [-0.2, 0) is 4.79 Å². The minimum Gasteiger partial charge on any atom is -0.345 e. The predicted octanol–water partition coefficient (Wildman–Crippen LogP) is -0.165. The van der Waals surface area contributed by atoms with Crippen molar-refractivity contribution >= 4 is 5.91 Å². The van der Waals surface area contributed by atoms with Crippen LogP contribution in [0.15, 0.2) is 12.7 Å². The Kier molecular flexibility index (Phi) is 8.79. The van der Waals surface area contributed by atoms with Crippen LogP contribution in [0.3, 0.4) is 0 Å². The van der Waals surface area contributed by atoms with Gasteiger partial charge in [0.2, 0.25) is 5.91 Å². The van der Waals surface area contributed by atoms with E-state index in [1.807, 2.05) is 0 Å². The average molecular weight is 130 g/mol. The Morgan fingerprint density at radius 2 is 1.89 bits per heavy atom. The van der Waals surface area contributed by atoms with Crippen molar-refractivity contribution in [3.8, 4) is 0 Å². The van der Waals surface area contributed by atoms with Crippen molar-refractivity contribution in [2.45, 2.75) is 0 Å². The van der Waals surface area contributed by atoms with Gasteiger partial charge in [0.1, 0.15) is 0 Å². The lowest BCUT2D eigenvalue weighted by atomic mass is 10.5. The highest BCUT2D eigenvalue weighted by Crippen LogP contribution is 1.74. The van der Waals surface area contributed by atoms with Crippen LogP contribution in [0.4, 0.5) is 0 Å². The molecular weight excluding hydrogens is 116 g/mol. The first-order chi connectivity index (χ1) is 4.18. The molecule has 0 fully saturated rings. The predicted molar refractivity (Wildman–Crippen MR) is 39.0 cm³/mol. The maximum Gasteiger partial charge on any atom is 0.245 e. The third-order valence-electron chi connectivity index (χ3n) is 0.615. The Morgan fingerprint density at radius 1 is 1.56 bits per heavy atom. The topological polar surface area (TPSA) is 46.3 Å². The fourth-order valence-electron chi connectivity index (χ4n) is 0.183. The van der Waals surface area contributed by atoms with Gasteiger partial charge in [-0.05, 0) is 13.1 Å². The number of carbonyl (C=O) groups is 1. The van der Waals surface area contributed by atoms with Crippen LogP contribution in [0.1, 0.15) is 0 Å². The summed E-state index contributed by atoms with van der Waals surface area (Å²) >= 11 is 0. The number of hydrogen-bond donors (Lipinski definition) is 1. The molecule has 0 aliphatic heterocycles. The van der Waals surface area contributed by atoms with Crippen LogP contribution in [0.25, 0.3) is 0 Å². The van der Waals surface area contributed by atoms with Crippen molar-refractivity contribution in [2.75, 3.05) is 21.1 Å². The Bertz CT molecular complexity index is 89.1. The first kappa shape index (κ1) is 11.0. The van der Waals surface area contributed by atoms with Crippen LogP contribution < -0.4 is 5.73 Å². The summed E-state index contributed by atoms with van der Waals surface area (Å²) in [6.07, 6.45) is 1.28. The molecule has 0 radical (unpaired) electrons. The highest BCUT2D eigenvalue weighted by atomic mass is 16.2. The van der Waals surface area contributed by atoms with E-state index in [4.69, 9.17) is 0 Å². The molecule has 0 unspecified atom stereocenters. The maximum absolute atomic E-state index is 10.3.